The Bertz CT molecular complexity index is 1050. The van der Waals surface area contributed by atoms with Crippen molar-refractivity contribution in [3.05, 3.63) is 53.6 Å². The lowest BCUT2D eigenvalue weighted by Gasteiger charge is -2.10. The van der Waals surface area contributed by atoms with Crippen molar-refractivity contribution in [2.24, 2.45) is 0 Å². The molecule has 0 saturated carbocycles. The van der Waals surface area contributed by atoms with E-state index in [1.54, 1.807) is 0 Å². The summed E-state index contributed by atoms with van der Waals surface area (Å²) in [5.74, 6) is -2.71. The molecule has 1 aromatic heterocycles. The van der Waals surface area contributed by atoms with Crippen molar-refractivity contribution in [1.82, 2.24) is 10.3 Å². The van der Waals surface area contributed by atoms with Crippen molar-refractivity contribution in [3.63, 3.8) is 0 Å². The van der Waals surface area contributed by atoms with Crippen LogP contribution >= 0.6 is 0 Å². The van der Waals surface area contributed by atoms with Crippen LogP contribution in [0.1, 0.15) is 5.56 Å². The molecule has 1 N–H and O–H groups in total. The summed E-state index contributed by atoms with van der Waals surface area (Å²) in [5.41, 5.74) is -0.707. The molecule has 0 spiro atoms. The summed E-state index contributed by atoms with van der Waals surface area (Å²) < 4.78 is 75.0. The van der Waals surface area contributed by atoms with Crippen LogP contribution in [0.2, 0.25) is 0 Å². The molecule has 0 amide bonds. The first-order chi connectivity index (χ1) is 12.7. The zero-order chi connectivity index (χ0) is 19.6. The Hall–Kier alpha value is -3.28. The fourth-order valence-corrected chi connectivity index (χ4v) is 2.45. The van der Waals surface area contributed by atoms with Crippen LogP contribution in [0.4, 0.5) is 12.7 Å². The number of rotatable bonds is 6. The van der Waals surface area contributed by atoms with Gasteiger partial charge < -0.3 is 14.0 Å². The highest BCUT2D eigenvalue weighted by Crippen LogP contribution is 2.29. The molecule has 0 atom stereocenters. The predicted octanol–water partition coefficient (Wildman–Crippen LogP) is 2.89. The summed E-state index contributed by atoms with van der Waals surface area (Å²) in [4.78, 5) is 0. The van der Waals surface area contributed by atoms with E-state index in [0.717, 1.165) is 24.3 Å². The lowest BCUT2D eigenvalue weighted by molar-refractivity contribution is 0.287. The van der Waals surface area contributed by atoms with E-state index in [4.69, 9.17) is 4.74 Å². The molecule has 27 heavy (non-hydrogen) atoms. The topological polar surface area (TPSA) is 112 Å². The first-order valence-corrected chi connectivity index (χ1v) is 8.40. The normalized spacial score (nSPS) is 11.4. The molecule has 1 heterocycles. The van der Waals surface area contributed by atoms with Crippen LogP contribution in [0, 0.1) is 11.6 Å². The van der Waals surface area contributed by atoms with E-state index in [1.165, 1.54) is 12.1 Å². The Morgan fingerprint density at radius 1 is 1.04 bits per heavy atom. The van der Waals surface area contributed by atoms with Crippen LogP contribution in [0.3, 0.4) is 0 Å². The molecule has 0 saturated heterocycles. The van der Waals surface area contributed by atoms with Gasteiger partial charge in [-0.2, -0.15) is 8.42 Å². The van der Waals surface area contributed by atoms with E-state index in [1.807, 2.05) is 0 Å². The maximum atomic E-state index is 14.2. The molecule has 3 aromatic rings. The molecule has 8 nitrogen and oxygen atoms in total. The van der Waals surface area contributed by atoms with Gasteiger partial charge in [-0.25, -0.2) is 13.4 Å². The SMILES string of the molecule is O=S(=O)(F)Oc1ccc(OCc2c(F)cc(-c3nonc3O)cc2F)cc1. The standard InChI is InChI=1S/C15H9F3N2O6S/c16-12-5-8(14-15(21)20-26-19-14)6-13(17)11(12)7-24-9-1-3-10(4-2-9)25-27(18,22)23/h1-6H,7H2,(H,20,21). The number of aromatic hydroxyl groups is 1. The molecular weight excluding hydrogens is 393 g/mol. The van der Waals surface area contributed by atoms with E-state index < -0.39 is 40.2 Å². The third kappa shape index (κ3) is 4.47. The highest BCUT2D eigenvalue weighted by molar-refractivity contribution is 7.81. The van der Waals surface area contributed by atoms with Gasteiger partial charge in [0.25, 0.3) is 5.88 Å². The largest absolute Gasteiger partial charge is 0.489 e. The number of hydrogen-bond acceptors (Lipinski definition) is 8. The van der Waals surface area contributed by atoms with Crippen molar-refractivity contribution < 1.29 is 39.7 Å². The van der Waals surface area contributed by atoms with Crippen molar-refractivity contribution in [3.8, 4) is 28.6 Å². The van der Waals surface area contributed by atoms with Gasteiger partial charge in [0.2, 0.25) is 0 Å². The molecule has 0 aliphatic rings. The fourth-order valence-electron chi connectivity index (χ4n) is 2.11. The predicted molar refractivity (Wildman–Crippen MR) is 82.7 cm³/mol. The van der Waals surface area contributed by atoms with Crippen LogP contribution in [-0.4, -0.2) is 23.8 Å². The summed E-state index contributed by atoms with van der Waals surface area (Å²) in [7, 11) is -5.16. The average Bonchev–Trinajstić information content (AvgIpc) is 3.00. The molecule has 142 valence electrons. The Balaban J connectivity index is 1.74. The third-order valence-electron chi connectivity index (χ3n) is 3.29. The number of ether oxygens (including phenoxy) is 1. The Morgan fingerprint density at radius 2 is 1.63 bits per heavy atom. The summed E-state index contributed by atoms with van der Waals surface area (Å²) in [5, 5.41) is 15.8. The van der Waals surface area contributed by atoms with E-state index in [0.29, 0.717) is 0 Å². The first kappa shape index (κ1) is 18.5. The van der Waals surface area contributed by atoms with E-state index in [9.17, 15) is 26.2 Å². The molecule has 0 aliphatic carbocycles. The van der Waals surface area contributed by atoms with Crippen LogP contribution in [0.25, 0.3) is 11.3 Å². The molecule has 0 unspecified atom stereocenters. The highest BCUT2D eigenvalue weighted by atomic mass is 32.3. The zero-order valence-corrected chi connectivity index (χ0v) is 13.9. The fraction of sp³-hybridized carbons (Fsp3) is 0.0667. The molecule has 0 aliphatic heterocycles. The van der Waals surface area contributed by atoms with Crippen molar-refractivity contribution >= 4 is 10.5 Å². The maximum absolute atomic E-state index is 14.2. The van der Waals surface area contributed by atoms with Crippen molar-refractivity contribution in [2.45, 2.75) is 6.61 Å². The number of hydrogen-bond donors (Lipinski definition) is 1. The minimum absolute atomic E-state index is 0.0820. The Labute approximate surface area is 150 Å². The molecule has 3 rings (SSSR count). The summed E-state index contributed by atoms with van der Waals surface area (Å²) in [6.07, 6.45) is 0. The van der Waals surface area contributed by atoms with Crippen LogP contribution in [0.5, 0.6) is 17.4 Å². The van der Waals surface area contributed by atoms with Crippen LogP contribution in [-0.2, 0) is 17.1 Å². The highest BCUT2D eigenvalue weighted by Gasteiger charge is 2.18. The molecule has 0 radical (unpaired) electrons. The second-order valence-corrected chi connectivity index (χ2v) is 6.04. The number of aromatic nitrogens is 2. The van der Waals surface area contributed by atoms with Crippen LogP contribution in [0.15, 0.2) is 41.0 Å². The van der Waals surface area contributed by atoms with Crippen LogP contribution < -0.4 is 8.92 Å². The van der Waals surface area contributed by atoms with Crippen molar-refractivity contribution in [2.75, 3.05) is 0 Å². The van der Waals surface area contributed by atoms with Gasteiger partial charge in [-0.3, -0.25) is 0 Å². The Kier molecular flexibility index (Phi) is 4.90. The van der Waals surface area contributed by atoms with Gasteiger partial charge in [0.1, 0.15) is 29.7 Å². The average molecular weight is 402 g/mol. The molecule has 12 heteroatoms. The zero-order valence-electron chi connectivity index (χ0n) is 13.1. The second kappa shape index (κ2) is 7.15. The van der Waals surface area contributed by atoms with Gasteiger partial charge in [-0.1, -0.05) is 3.89 Å². The third-order valence-corrected chi connectivity index (χ3v) is 3.68. The smallest absolute Gasteiger partial charge is 0.488 e. The molecular formula is C15H9F3N2O6S. The lowest BCUT2D eigenvalue weighted by Crippen LogP contribution is -2.03. The van der Waals surface area contributed by atoms with Gasteiger partial charge in [0.15, 0.2) is 5.69 Å². The van der Waals surface area contributed by atoms with Gasteiger partial charge in [-0.05, 0) is 46.7 Å². The maximum Gasteiger partial charge on any atom is 0.488 e. The van der Waals surface area contributed by atoms with E-state index in [2.05, 4.69) is 19.1 Å². The monoisotopic (exact) mass is 402 g/mol. The molecule has 0 fully saturated rings. The van der Waals surface area contributed by atoms with Gasteiger partial charge in [0.05, 0.1) is 5.56 Å². The summed E-state index contributed by atoms with van der Waals surface area (Å²) >= 11 is 0. The Morgan fingerprint density at radius 3 is 2.15 bits per heavy atom. The summed E-state index contributed by atoms with van der Waals surface area (Å²) in [6.45, 7) is -0.497. The van der Waals surface area contributed by atoms with Gasteiger partial charge in [-0.15, -0.1) is 0 Å². The minimum atomic E-state index is -5.16. The number of benzene rings is 2. The van der Waals surface area contributed by atoms with Crippen molar-refractivity contribution in [1.29, 1.82) is 0 Å². The first-order valence-electron chi connectivity index (χ1n) is 7.09. The number of nitrogens with zero attached hydrogens (tertiary/aromatic N) is 2. The van der Waals surface area contributed by atoms with Gasteiger partial charge >= 0.3 is 10.5 Å². The quantitative estimate of drug-likeness (QED) is 0.627. The molecule has 2 aromatic carbocycles. The summed E-state index contributed by atoms with van der Waals surface area (Å²) in [6, 6.07) is 6.49. The van der Waals surface area contributed by atoms with Gasteiger partial charge in [0, 0.05) is 5.56 Å². The number of halogens is 3. The second-order valence-electron chi connectivity index (χ2n) is 5.09. The minimum Gasteiger partial charge on any atom is -0.489 e. The lowest BCUT2D eigenvalue weighted by atomic mass is 10.1. The van der Waals surface area contributed by atoms with E-state index >= 15 is 0 Å². The van der Waals surface area contributed by atoms with E-state index in [-0.39, 0.29) is 22.8 Å². The molecule has 0 bridgehead atoms.